The maximum atomic E-state index is 11.5. The van der Waals surface area contributed by atoms with Crippen molar-refractivity contribution in [2.45, 2.75) is 0 Å². The highest BCUT2D eigenvalue weighted by Crippen LogP contribution is 2.32. The molecule has 0 saturated heterocycles. The Hall–Kier alpha value is -3.06. The number of amides is 1. The number of fused-ring (bicyclic) bond motifs is 1. The molecule has 3 N–H and O–H groups in total. The van der Waals surface area contributed by atoms with Crippen molar-refractivity contribution in [1.82, 2.24) is 15.4 Å². The lowest BCUT2D eigenvalue weighted by atomic mass is 10.2. The maximum Gasteiger partial charge on any atom is 0.274 e. The van der Waals surface area contributed by atoms with Gasteiger partial charge in [0.1, 0.15) is 5.82 Å². The molecule has 0 aliphatic heterocycles. The first kappa shape index (κ1) is 14.9. The molecule has 118 valence electrons. The third-order valence-corrected chi connectivity index (χ3v) is 3.50. The summed E-state index contributed by atoms with van der Waals surface area (Å²) in [6.45, 7) is 0. The van der Waals surface area contributed by atoms with E-state index in [4.69, 9.17) is 14.7 Å². The second-order valence-corrected chi connectivity index (χ2v) is 4.83. The number of aromatic amines is 1. The molecule has 3 aromatic rings. The number of benzene rings is 2. The number of aromatic nitrogens is 2. The van der Waals surface area contributed by atoms with E-state index in [2.05, 4.69) is 9.97 Å². The Morgan fingerprint density at radius 3 is 2.61 bits per heavy atom. The van der Waals surface area contributed by atoms with Crippen LogP contribution in [0.3, 0.4) is 0 Å². The second kappa shape index (κ2) is 5.98. The molecular weight excluding hydrogens is 298 g/mol. The normalized spacial score (nSPS) is 10.6. The van der Waals surface area contributed by atoms with E-state index in [0.29, 0.717) is 33.9 Å². The first-order valence-electron chi connectivity index (χ1n) is 6.83. The van der Waals surface area contributed by atoms with Gasteiger partial charge in [0, 0.05) is 11.1 Å². The van der Waals surface area contributed by atoms with Gasteiger partial charge >= 0.3 is 0 Å². The summed E-state index contributed by atoms with van der Waals surface area (Å²) >= 11 is 0. The van der Waals surface area contributed by atoms with E-state index in [1.54, 1.807) is 44.0 Å². The molecule has 7 heteroatoms. The number of carbonyl (C=O) groups is 1. The molecule has 0 unspecified atom stereocenters. The van der Waals surface area contributed by atoms with Gasteiger partial charge in [0.15, 0.2) is 11.5 Å². The van der Waals surface area contributed by atoms with Gasteiger partial charge in [0.25, 0.3) is 5.91 Å². The van der Waals surface area contributed by atoms with Gasteiger partial charge < -0.3 is 14.5 Å². The molecular formula is C16H15N3O4. The molecule has 0 bridgehead atoms. The van der Waals surface area contributed by atoms with E-state index in [1.807, 2.05) is 12.1 Å². The monoisotopic (exact) mass is 313 g/mol. The Kier molecular flexibility index (Phi) is 3.86. The molecule has 1 amide bonds. The summed E-state index contributed by atoms with van der Waals surface area (Å²) < 4.78 is 10.5. The van der Waals surface area contributed by atoms with Crippen LogP contribution in [0.25, 0.3) is 22.4 Å². The third kappa shape index (κ3) is 2.69. The topological polar surface area (TPSA) is 96.5 Å². The fourth-order valence-electron chi connectivity index (χ4n) is 2.34. The van der Waals surface area contributed by atoms with Crippen LogP contribution in [0.15, 0.2) is 36.4 Å². The fourth-order valence-corrected chi connectivity index (χ4v) is 2.34. The predicted octanol–water partition coefficient (Wildman–Crippen LogP) is 2.37. The third-order valence-electron chi connectivity index (χ3n) is 3.50. The summed E-state index contributed by atoms with van der Waals surface area (Å²) in [6.07, 6.45) is 0. The molecule has 0 radical (unpaired) electrons. The van der Waals surface area contributed by atoms with Crippen molar-refractivity contribution in [2.75, 3.05) is 14.2 Å². The number of imidazole rings is 1. The number of nitrogens with one attached hydrogen (secondary N) is 2. The largest absolute Gasteiger partial charge is 0.493 e. The van der Waals surface area contributed by atoms with Gasteiger partial charge in [-0.05, 0) is 36.4 Å². The summed E-state index contributed by atoms with van der Waals surface area (Å²) in [6, 6.07) is 10.4. The SMILES string of the molecule is COc1ccc(-c2nc3ccc(C(=O)NO)cc3[nH]2)cc1OC. The molecule has 3 rings (SSSR count). The lowest BCUT2D eigenvalue weighted by Crippen LogP contribution is -2.18. The van der Waals surface area contributed by atoms with Gasteiger partial charge in [-0.15, -0.1) is 0 Å². The lowest BCUT2D eigenvalue weighted by molar-refractivity contribution is 0.0706. The van der Waals surface area contributed by atoms with Crippen LogP contribution < -0.4 is 15.0 Å². The van der Waals surface area contributed by atoms with Crippen LogP contribution in [0.5, 0.6) is 11.5 Å². The minimum atomic E-state index is -0.575. The van der Waals surface area contributed by atoms with Crippen molar-refractivity contribution in [2.24, 2.45) is 0 Å². The van der Waals surface area contributed by atoms with Crippen LogP contribution in [-0.2, 0) is 0 Å². The molecule has 0 saturated carbocycles. The number of H-pyrrole nitrogens is 1. The molecule has 0 fully saturated rings. The van der Waals surface area contributed by atoms with Crippen LogP contribution in [0.1, 0.15) is 10.4 Å². The molecule has 23 heavy (non-hydrogen) atoms. The standard InChI is InChI=1S/C16H15N3O4/c1-22-13-6-4-9(8-14(13)23-2)15-17-11-5-3-10(16(20)19-21)7-12(11)18-15/h3-8,21H,1-2H3,(H,17,18)(H,19,20). The van der Waals surface area contributed by atoms with Crippen molar-refractivity contribution in [3.63, 3.8) is 0 Å². The van der Waals surface area contributed by atoms with Gasteiger partial charge in [0.05, 0.1) is 25.3 Å². The van der Waals surface area contributed by atoms with Crippen LogP contribution in [0.2, 0.25) is 0 Å². The van der Waals surface area contributed by atoms with Gasteiger partial charge in [-0.2, -0.15) is 0 Å². The number of hydrogen-bond donors (Lipinski definition) is 3. The molecule has 7 nitrogen and oxygen atoms in total. The number of hydrogen-bond acceptors (Lipinski definition) is 5. The molecule has 1 heterocycles. The van der Waals surface area contributed by atoms with Crippen LogP contribution in [0, 0.1) is 0 Å². The number of nitrogens with zero attached hydrogens (tertiary/aromatic N) is 1. The number of carbonyl (C=O) groups excluding carboxylic acids is 1. The van der Waals surface area contributed by atoms with Gasteiger partial charge in [-0.1, -0.05) is 0 Å². The summed E-state index contributed by atoms with van der Waals surface area (Å²) in [5, 5.41) is 8.70. The van der Waals surface area contributed by atoms with Crippen molar-refractivity contribution in [3.8, 4) is 22.9 Å². The number of rotatable bonds is 4. The highest BCUT2D eigenvalue weighted by Gasteiger charge is 2.11. The second-order valence-electron chi connectivity index (χ2n) is 4.83. The van der Waals surface area contributed by atoms with E-state index in [1.165, 1.54) is 0 Å². The van der Waals surface area contributed by atoms with E-state index in [9.17, 15) is 4.79 Å². The minimum Gasteiger partial charge on any atom is -0.493 e. The number of ether oxygens (including phenoxy) is 2. The predicted molar refractivity (Wildman–Crippen MR) is 83.9 cm³/mol. The summed E-state index contributed by atoms with van der Waals surface area (Å²) in [7, 11) is 3.15. The van der Waals surface area contributed by atoms with E-state index in [0.717, 1.165) is 5.56 Å². The maximum absolute atomic E-state index is 11.5. The van der Waals surface area contributed by atoms with Gasteiger partial charge in [-0.25, -0.2) is 10.5 Å². The quantitative estimate of drug-likeness (QED) is 0.507. The molecule has 0 aliphatic rings. The summed E-state index contributed by atoms with van der Waals surface area (Å²) in [5.74, 6) is 1.30. The van der Waals surface area contributed by atoms with Crippen molar-refractivity contribution < 1.29 is 19.5 Å². The first-order chi connectivity index (χ1) is 11.2. The average molecular weight is 313 g/mol. The number of methoxy groups -OCH3 is 2. The van der Waals surface area contributed by atoms with E-state index >= 15 is 0 Å². The zero-order valence-corrected chi connectivity index (χ0v) is 12.6. The Balaban J connectivity index is 2.05. The highest BCUT2D eigenvalue weighted by atomic mass is 16.5. The Morgan fingerprint density at radius 1 is 1.13 bits per heavy atom. The Labute approximate surface area is 131 Å². The van der Waals surface area contributed by atoms with Gasteiger partial charge in [0.2, 0.25) is 0 Å². The highest BCUT2D eigenvalue weighted by molar-refractivity contribution is 5.97. The van der Waals surface area contributed by atoms with E-state index < -0.39 is 5.91 Å². The Bertz CT molecular complexity index is 873. The Morgan fingerprint density at radius 2 is 1.91 bits per heavy atom. The first-order valence-corrected chi connectivity index (χ1v) is 6.83. The van der Waals surface area contributed by atoms with Crippen LogP contribution >= 0.6 is 0 Å². The van der Waals surface area contributed by atoms with Crippen molar-refractivity contribution in [3.05, 3.63) is 42.0 Å². The van der Waals surface area contributed by atoms with Gasteiger partial charge in [-0.3, -0.25) is 10.0 Å². The fraction of sp³-hybridized carbons (Fsp3) is 0.125. The molecule has 2 aromatic carbocycles. The summed E-state index contributed by atoms with van der Waals surface area (Å²) in [4.78, 5) is 19.1. The average Bonchev–Trinajstić information content (AvgIpc) is 3.03. The lowest BCUT2D eigenvalue weighted by Gasteiger charge is -2.08. The van der Waals surface area contributed by atoms with E-state index in [-0.39, 0.29) is 0 Å². The molecule has 0 atom stereocenters. The smallest absolute Gasteiger partial charge is 0.274 e. The van der Waals surface area contributed by atoms with Crippen LogP contribution in [0.4, 0.5) is 0 Å². The molecule has 1 aromatic heterocycles. The molecule has 0 spiro atoms. The zero-order chi connectivity index (χ0) is 16.4. The molecule has 0 aliphatic carbocycles. The number of hydroxylamine groups is 1. The summed E-state index contributed by atoms with van der Waals surface area (Å²) in [5.41, 5.74) is 4.17. The van der Waals surface area contributed by atoms with Crippen LogP contribution in [-0.4, -0.2) is 35.3 Å². The van der Waals surface area contributed by atoms with Crippen molar-refractivity contribution in [1.29, 1.82) is 0 Å². The van der Waals surface area contributed by atoms with Crippen molar-refractivity contribution >= 4 is 16.9 Å². The zero-order valence-electron chi connectivity index (χ0n) is 12.6. The minimum absolute atomic E-state index is 0.336.